The molecule has 2 rings (SSSR count). The second-order valence-electron chi connectivity index (χ2n) is 2.16. The third-order valence-electron chi connectivity index (χ3n) is 1.35. The van der Waals surface area contributed by atoms with E-state index in [1.807, 2.05) is 4.41 Å². The number of aromatic nitrogens is 2. The molecule has 1 aliphatic rings. The molecule has 0 aliphatic carbocycles. The Balaban J connectivity index is 1.90. The average Bonchev–Trinajstić information content (AvgIpc) is 2.60. The number of nitrogens with one attached hydrogen (secondary N) is 1. The summed E-state index contributed by atoms with van der Waals surface area (Å²) in [5.41, 5.74) is 3.16. The van der Waals surface area contributed by atoms with Crippen LogP contribution >= 0.6 is 11.9 Å². The maximum atomic E-state index is 4.95. The van der Waals surface area contributed by atoms with Gasteiger partial charge in [-0.1, -0.05) is 0 Å². The van der Waals surface area contributed by atoms with Crippen molar-refractivity contribution in [1.29, 1.82) is 0 Å². The van der Waals surface area contributed by atoms with Crippen LogP contribution in [0.4, 0.5) is 0 Å². The first kappa shape index (κ1) is 7.08. The van der Waals surface area contributed by atoms with E-state index >= 15 is 0 Å². The van der Waals surface area contributed by atoms with Gasteiger partial charge in [0.1, 0.15) is 0 Å². The van der Waals surface area contributed by atoms with E-state index in [0.29, 0.717) is 5.22 Å². The molecule has 5 nitrogen and oxygen atoms in total. The van der Waals surface area contributed by atoms with Crippen LogP contribution in [0.5, 0.6) is 0 Å². The van der Waals surface area contributed by atoms with Crippen molar-refractivity contribution in [1.82, 2.24) is 20.0 Å². The molecule has 0 spiro atoms. The molecule has 1 saturated heterocycles. The Bertz CT molecular complexity index is 208. The zero-order valence-electron chi connectivity index (χ0n) is 5.86. The van der Waals surface area contributed by atoms with E-state index in [1.54, 1.807) is 0 Å². The topological polar surface area (TPSA) is 54.2 Å². The van der Waals surface area contributed by atoms with Gasteiger partial charge in [-0.3, -0.25) is 0 Å². The van der Waals surface area contributed by atoms with Crippen molar-refractivity contribution < 1.29 is 4.42 Å². The maximum absolute atomic E-state index is 4.95. The summed E-state index contributed by atoms with van der Waals surface area (Å²) in [6.07, 6.45) is 2.50. The van der Waals surface area contributed by atoms with Crippen LogP contribution < -0.4 is 5.43 Å². The molecular formula is C5H8N4OS. The van der Waals surface area contributed by atoms with E-state index in [1.165, 1.54) is 24.8 Å². The highest BCUT2D eigenvalue weighted by Gasteiger charge is 2.14. The standard InChI is InChI=1S/C5H8N4OS/c1-2-7-9(3-1)11-5-8-6-4-10-5/h4,7H,1-3H2. The summed E-state index contributed by atoms with van der Waals surface area (Å²) in [6.45, 7) is 2.05. The van der Waals surface area contributed by atoms with Gasteiger partial charge in [0.25, 0.3) is 5.22 Å². The molecule has 0 aromatic carbocycles. The first-order valence-corrected chi connectivity index (χ1v) is 4.18. The Labute approximate surface area is 68.3 Å². The largest absolute Gasteiger partial charge is 0.418 e. The summed E-state index contributed by atoms with van der Waals surface area (Å²) in [4.78, 5) is 0. The molecule has 1 aromatic heterocycles. The lowest BCUT2D eigenvalue weighted by Crippen LogP contribution is -2.23. The zero-order chi connectivity index (χ0) is 7.52. The Kier molecular flexibility index (Phi) is 2.06. The fourth-order valence-electron chi connectivity index (χ4n) is 0.880. The van der Waals surface area contributed by atoms with Crippen molar-refractivity contribution in [3.63, 3.8) is 0 Å². The summed E-state index contributed by atoms with van der Waals surface area (Å²) in [5, 5.41) is 7.90. The van der Waals surface area contributed by atoms with Crippen molar-refractivity contribution in [2.45, 2.75) is 11.6 Å². The van der Waals surface area contributed by atoms with Gasteiger partial charge in [-0.25, -0.2) is 5.43 Å². The highest BCUT2D eigenvalue weighted by atomic mass is 32.2. The van der Waals surface area contributed by atoms with Gasteiger partial charge in [0.05, 0.1) is 0 Å². The minimum absolute atomic E-state index is 0.583. The van der Waals surface area contributed by atoms with E-state index in [4.69, 9.17) is 4.42 Å². The normalized spacial score (nSPS) is 19.3. The zero-order valence-corrected chi connectivity index (χ0v) is 6.67. The summed E-state index contributed by atoms with van der Waals surface area (Å²) >= 11 is 1.44. The van der Waals surface area contributed by atoms with Gasteiger partial charge in [0.15, 0.2) is 0 Å². The lowest BCUT2D eigenvalue weighted by molar-refractivity contribution is 0.417. The third kappa shape index (κ3) is 1.70. The van der Waals surface area contributed by atoms with Crippen molar-refractivity contribution in [2.24, 2.45) is 0 Å². The van der Waals surface area contributed by atoms with Gasteiger partial charge in [-0.2, -0.15) is 4.41 Å². The number of hydrazine groups is 1. The monoisotopic (exact) mass is 172 g/mol. The van der Waals surface area contributed by atoms with Crippen molar-refractivity contribution in [3.8, 4) is 0 Å². The fraction of sp³-hybridized carbons (Fsp3) is 0.600. The summed E-state index contributed by atoms with van der Waals surface area (Å²) in [6, 6.07) is 0. The third-order valence-corrected chi connectivity index (χ3v) is 2.22. The summed E-state index contributed by atoms with van der Waals surface area (Å²) in [5.74, 6) is 0. The van der Waals surface area contributed by atoms with Gasteiger partial charge in [-0.15, -0.1) is 10.2 Å². The van der Waals surface area contributed by atoms with Gasteiger partial charge in [-0.05, 0) is 6.42 Å². The highest BCUT2D eigenvalue weighted by molar-refractivity contribution is 7.96. The SMILES string of the molecule is c1nnc(SN2CCCN2)o1. The maximum Gasteiger partial charge on any atom is 0.293 e. The van der Waals surface area contributed by atoms with Gasteiger partial charge >= 0.3 is 0 Å². The molecule has 1 fully saturated rings. The number of rotatable bonds is 2. The van der Waals surface area contributed by atoms with Crippen molar-refractivity contribution in [2.75, 3.05) is 13.1 Å². The summed E-state index contributed by atoms with van der Waals surface area (Å²) < 4.78 is 6.95. The van der Waals surface area contributed by atoms with Crippen molar-refractivity contribution in [3.05, 3.63) is 6.39 Å². The quantitative estimate of drug-likeness (QED) is 0.647. The lowest BCUT2D eigenvalue weighted by Gasteiger charge is -2.08. The van der Waals surface area contributed by atoms with Crippen LogP contribution in [0.15, 0.2) is 16.0 Å². The Morgan fingerprint density at radius 3 is 3.36 bits per heavy atom. The van der Waals surface area contributed by atoms with Crippen LogP contribution in [0.1, 0.15) is 6.42 Å². The average molecular weight is 172 g/mol. The first-order chi connectivity index (χ1) is 5.45. The van der Waals surface area contributed by atoms with E-state index in [-0.39, 0.29) is 0 Å². The fourth-order valence-corrected chi connectivity index (χ4v) is 1.61. The second-order valence-corrected chi connectivity index (χ2v) is 3.13. The van der Waals surface area contributed by atoms with Crippen LogP contribution in [-0.2, 0) is 0 Å². The van der Waals surface area contributed by atoms with Gasteiger partial charge < -0.3 is 4.42 Å². The molecule has 1 aliphatic heterocycles. The second kappa shape index (κ2) is 3.21. The molecule has 11 heavy (non-hydrogen) atoms. The predicted octanol–water partition coefficient (Wildman–Crippen LogP) is 0.287. The van der Waals surface area contributed by atoms with E-state index in [0.717, 1.165) is 13.1 Å². The van der Waals surface area contributed by atoms with Gasteiger partial charge in [0.2, 0.25) is 6.39 Å². The lowest BCUT2D eigenvalue weighted by atomic mass is 10.5. The molecule has 1 aromatic rings. The minimum atomic E-state index is 0.583. The molecule has 2 heterocycles. The van der Waals surface area contributed by atoms with E-state index in [9.17, 15) is 0 Å². The molecule has 0 saturated carbocycles. The Morgan fingerprint density at radius 2 is 2.73 bits per heavy atom. The Hall–Kier alpha value is -0.590. The van der Waals surface area contributed by atoms with Crippen LogP contribution in [-0.4, -0.2) is 27.7 Å². The highest BCUT2D eigenvalue weighted by Crippen LogP contribution is 2.19. The van der Waals surface area contributed by atoms with E-state index in [2.05, 4.69) is 15.6 Å². The molecule has 0 atom stereocenters. The van der Waals surface area contributed by atoms with Crippen LogP contribution in [0.3, 0.4) is 0 Å². The molecule has 0 radical (unpaired) electrons. The number of hydrogen-bond donors (Lipinski definition) is 1. The first-order valence-electron chi connectivity index (χ1n) is 3.40. The predicted molar refractivity (Wildman–Crippen MR) is 39.5 cm³/mol. The van der Waals surface area contributed by atoms with Crippen LogP contribution in [0, 0.1) is 0 Å². The molecule has 60 valence electrons. The summed E-state index contributed by atoms with van der Waals surface area (Å²) in [7, 11) is 0. The Morgan fingerprint density at radius 1 is 1.73 bits per heavy atom. The van der Waals surface area contributed by atoms with Crippen LogP contribution in [0.25, 0.3) is 0 Å². The smallest absolute Gasteiger partial charge is 0.293 e. The number of hydrogen-bond acceptors (Lipinski definition) is 6. The number of nitrogens with zero attached hydrogens (tertiary/aromatic N) is 3. The molecule has 0 amide bonds. The molecule has 0 bridgehead atoms. The van der Waals surface area contributed by atoms with Crippen molar-refractivity contribution >= 4 is 11.9 Å². The molecule has 0 unspecified atom stereocenters. The minimum Gasteiger partial charge on any atom is -0.418 e. The molecular weight excluding hydrogens is 164 g/mol. The molecule has 1 N–H and O–H groups in total. The van der Waals surface area contributed by atoms with Gasteiger partial charge in [0, 0.05) is 25.0 Å². The van der Waals surface area contributed by atoms with Crippen LogP contribution in [0.2, 0.25) is 0 Å². The molecule has 6 heteroatoms. The van der Waals surface area contributed by atoms with E-state index < -0.39 is 0 Å².